The first-order valence-corrected chi connectivity index (χ1v) is 10.8. The van der Waals surface area contributed by atoms with E-state index in [0.29, 0.717) is 17.3 Å². The number of rotatable bonds is 7. The van der Waals surface area contributed by atoms with E-state index in [1.807, 2.05) is 18.3 Å². The van der Waals surface area contributed by atoms with Gasteiger partial charge < -0.3 is 15.2 Å². The van der Waals surface area contributed by atoms with Gasteiger partial charge in [-0.2, -0.15) is 10.1 Å². The van der Waals surface area contributed by atoms with Crippen LogP contribution in [0.5, 0.6) is 0 Å². The van der Waals surface area contributed by atoms with Crippen molar-refractivity contribution < 1.29 is 9.32 Å². The molecule has 0 aliphatic heterocycles. The maximum atomic E-state index is 12.0. The molecule has 0 unspecified atom stereocenters. The normalized spacial score (nSPS) is 13.1. The average molecular weight is 462 g/mol. The zero-order valence-electron chi connectivity index (χ0n) is 19.8. The summed E-state index contributed by atoms with van der Waals surface area (Å²) in [5.41, 5.74) is 8.13. The summed E-state index contributed by atoms with van der Waals surface area (Å²) in [4.78, 5) is 30.8. The van der Waals surface area contributed by atoms with E-state index in [1.165, 1.54) is 4.90 Å². The number of likely N-dealkylation sites (N-methyl/N-ethyl adjacent to an activating group) is 1. The first-order chi connectivity index (χ1) is 16.2. The number of carbonyl (C=O) groups excluding carboxylic acids is 1. The van der Waals surface area contributed by atoms with Crippen LogP contribution in [-0.2, 0) is 16.8 Å². The first-order valence-electron chi connectivity index (χ1n) is 10.8. The van der Waals surface area contributed by atoms with Crippen LogP contribution in [0.4, 0.5) is 5.95 Å². The second-order valence-corrected chi connectivity index (χ2v) is 8.76. The monoisotopic (exact) mass is 461 g/mol. The lowest BCUT2D eigenvalue weighted by Gasteiger charge is -2.30. The Kier molecular flexibility index (Phi) is 6.10. The van der Waals surface area contributed by atoms with Crippen LogP contribution in [0.25, 0.3) is 22.7 Å². The third-order valence-corrected chi connectivity index (χ3v) is 6.05. The third kappa shape index (κ3) is 4.36. The lowest BCUT2D eigenvalue weighted by Crippen LogP contribution is -2.31. The largest absolute Gasteiger partial charge is 0.368 e. The van der Waals surface area contributed by atoms with Crippen LogP contribution >= 0.6 is 0 Å². The second kappa shape index (κ2) is 9.00. The van der Waals surface area contributed by atoms with Crippen molar-refractivity contribution in [2.24, 2.45) is 5.92 Å². The first kappa shape index (κ1) is 23.0. The van der Waals surface area contributed by atoms with Crippen molar-refractivity contribution in [1.29, 1.82) is 0 Å². The summed E-state index contributed by atoms with van der Waals surface area (Å²) in [7, 11) is 3.41. The molecule has 4 aromatic rings. The Hall–Kier alpha value is -4.15. The molecule has 0 radical (unpaired) electrons. The molecule has 0 saturated carbocycles. The van der Waals surface area contributed by atoms with E-state index < -0.39 is 5.41 Å². The van der Waals surface area contributed by atoms with Gasteiger partial charge in [-0.3, -0.25) is 14.5 Å². The number of nitrogen functional groups attached to an aromatic ring is 1. The van der Waals surface area contributed by atoms with Crippen molar-refractivity contribution in [3.63, 3.8) is 0 Å². The van der Waals surface area contributed by atoms with Crippen molar-refractivity contribution in [1.82, 2.24) is 39.8 Å². The zero-order valence-corrected chi connectivity index (χ0v) is 19.8. The van der Waals surface area contributed by atoms with Gasteiger partial charge in [0.05, 0.1) is 22.9 Å². The number of nitrogens with zero attached hydrogens (tertiary/aromatic N) is 8. The summed E-state index contributed by atoms with van der Waals surface area (Å²) in [6, 6.07) is 3.91. The fraction of sp³-hybridized carbons (Fsp3) is 0.348. The molecule has 4 rings (SSSR count). The lowest BCUT2D eigenvalue weighted by molar-refractivity contribution is -0.129. The molecule has 2 N–H and O–H groups in total. The smallest absolute Gasteiger partial charge is 0.261 e. The summed E-state index contributed by atoms with van der Waals surface area (Å²) < 4.78 is 7.13. The number of hydrogen-bond donors (Lipinski definition) is 1. The highest BCUT2D eigenvalue weighted by atomic mass is 16.5. The molecule has 0 aliphatic rings. The Morgan fingerprint density at radius 2 is 1.85 bits per heavy atom. The zero-order chi connectivity index (χ0) is 24.5. The van der Waals surface area contributed by atoms with Gasteiger partial charge in [-0.15, -0.1) is 0 Å². The van der Waals surface area contributed by atoms with E-state index in [9.17, 15) is 4.79 Å². The standard InChI is InChI=1S/C23H27N9O2/c1-14(2)23(3,17-6-7-18(25-11-17)15-8-26-22(24)27-9-15)21-29-20(34-30-21)16-10-28-32(12-16)13-19(33)31(4)5/h6-12,14H,13H2,1-5H3,(H2,24,26,27)/t23-/m1/s1. The highest BCUT2D eigenvalue weighted by Crippen LogP contribution is 2.38. The number of carbonyl (C=O) groups is 1. The van der Waals surface area contributed by atoms with Crippen molar-refractivity contribution in [2.75, 3.05) is 19.8 Å². The molecule has 11 nitrogen and oxygen atoms in total. The Morgan fingerprint density at radius 3 is 2.47 bits per heavy atom. The van der Waals surface area contributed by atoms with Gasteiger partial charge in [0.1, 0.15) is 6.54 Å². The third-order valence-electron chi connectivity index (χ3n) is 6.05. The summed E-state index contributed by atoms with van der Waals surface area (Å²) in [6.45, 7) is 6.40. The molecule has 0 aromatic carbocycles. The number of anilines is 1. The highest BCUT2D eigenvalue weighted by molar-refractivity contribution is 5.75. The molecule has 176 valence electrons. The Bertz CT molecular complexity index is 1280. The molecule has 0 aliphatic carbocycles. The van der Waals surface area contributed by atoms with Crippen molar-refractivity contribution in [3.8, 4) is 22.7 Å². The summed E-state index contributed by atoms with van der Waals surface area (Å²) >= 11 is 0. The summed E-state index contributed by atoms with van der Waals surface area (Å²) in [5, 5.41) is 8.53. The minimum absolute atomic E-state index is 0.0604. The van der Waals surface area contributed by atoms with Crippen LogP contribution in [-0.4, -0.2) is 59.8 Å². The Morgan fingerprint density at radius 1 is 1.12 bits per heavy atom. The van der Waals surface area contributed by atoms with Crippen LogP contribution in [0.2, 0.25) is 0 Å². The van der Waals surface area contributed by atoms with Crippen LogP contribution in [0.15, 0.2) is 47.6 Å². The Labute approximate surface area is 197 Å². The number of aromatic nitrogens is 7. The fourth-order valence-electron chi connectivity index (χ4n) is 3.45. The van der Waals surface area contributed by atoms with E-state index in [4.69, 9.17) is 10.3 Å². The quantitative estimate of drug-likeness (QED) is 0.439. The fourth-order valence-corrected chi connectivity index (χ4v) is 3.45. The number of pyridine rings is 1. The summed E-state index contributed by atoms with van der Waals surface area (Å²) in [5.74, 6) is 1.19. The predicted molar refractivity (Wildman–Crippen MR) is 125 cm³/mol. The maximum absolute atomic E-state index is 12.0. The van der Waals surface area contributed by atoms with Gasteiger partial charge >= 0.3 is 0 Å². The molecule has 0 spiro atoms. The van der Waals surface area contributed by atoms with Crippen LogP contribution in [0.3, 0.4) is 0 Å². The van der Waals surface area contributed by atoms with Gasteiger partial charge in [0.2, 0.25) is 11.9 Å². The molecule has 1 atom stereocenters. The van der Waals surface area contributed by atoms with Crippen molar-refractivity contribution in [3.05, 3.63) is 54.5 Å². The molecule has 11 heteroatoms. The van der Waals surface area contributed by atoms with E-state index >= 15 is 0 Å². The number of amides is 1. The van der Waals surface area contributed by atoms with Crippen LogP contribution < -0.4 is 5.73 Å². The number of nitrogens with two attached hydrogens (primary N) is 1. The highest BCUT2D eigenvalue weighted by Gasteiger charge is 2.38. The Balaban J connectivity index is 1.61. The number of hydrogen-bond acceptors (Lipinski definition) is 9. The van der Waals surface area contributed by atoms with Gasteiger partial charge in [-0.1, -0.05) is 25.1 Å². The average Bonchev–Trinajstić information content (AvgIpc) is 3.49. The second-order valence-electron chi connectivity index (χ2n) is 8.76. The van der Waals surface area contributed by atoms with Crippen molar-refractivity contribution >= 4 is 11.9 Å². The van der Waals surface area contributed by atoms with Crippen molar-refractivity contribution in [2.45, 2.75) is 32.7 Å². The van der Waals surface area contributed by atoms with E-state index in [0.717, 1.165) is 16.8 Å². The van der Waals surface area contributed by atoms with E-state index in [1.54, 1.807) is 43.6 Å². The topological polar surface area (TPSA) is 142 Å². The summed E-state index contributed by atoms with van der Waals surface area (Å²) in [6.07, 6.45) is 8.43. The molecule has 0 saturated heterocycles. The minimum Gasteiger partial charge on any atom is -0.368 e. The molecular formula is C23H27N9O2. The molecule has 4 aromatic heterocycles. The SMILES string of the molecule is CC(C)[C@](C)(c1ccc(-c2cnc(N)nc2)nc1)c1noc(-c2cnn(CC(=O)N(C)C)c2)n1. The molecule has 1 amide bonds. The maximum Gasteiger partial charge on any atom is 0.261 e. The van der Waals surface area contributed by atoms with Gasteiger partial charge in [-0.05, 0) is 24.5 Å². The van der Waals surface area contributed by atoms with E-state index in [2.05, 4.69) is 51.0 Å². The molecular weight excluding hydrogens is 434 g/mol. The van der Waals surface area contributed by atoms with Crippen LogP contribution in [0.1, 0.15) is 32.2 Å². The van der Waals surface area contributed by atoms with Gasteiger partial charge in [-0.25, -0.2) is 9.97 Å². The minimum atomic E-state index is -0.554. The molecule has 34 heavy (non-hydrogen) atoms. The molecule has 4 heterocycles. The van der Waals surface area contributed by atoms with E-state index in [-0.39, 0.29) is 24.3 Å². The molecule has 0 bridgehead atoms. The lowest BCUT2D eigenvalue weighted by atomic mass is 9.73. The van der Waals surface area contributed by atoms with Crippen LogP contribution in [0, 0.1) is 5.92 Å². The van der Waals surface area contributed by atoms with Gasteiger partial charge in [0.15, 0.2) is 5.82 Å². The van der Waals surface area contributed by atoms with Gasteiger partial charge in [0.25, 0.3) is 5.89 Å². The molecule has 0 fully saturated rings. The van der Waals surface area contributed by atoms with Gasteiger partial charge in [0, 0.05) is 44.4 Å². The predicted octanol–water partition coefficient (Wildman–Crippen LogP) is 2.42.